The summed E-state index contributed by atoms with van der Waals surface area (Å²) in [4.78, 5) is 11.4. The van der Waals surface area contributed by atoms with E-state index in [4.69, 9.17) is 0 Å². The van der Waals surface area contributed by atoms with Crippen LogP contribution in [0, 0.1) is 5.92 Å². The zero-order valence-corrected chi connectivity index (χ0v) is 8.78. The molecule has 1 aliphatic heterocycles. The fourth-order valence-electron chi connectivity index (χ4n) is 1.90. The lowest BCUT2D eigenvalue weighted by Crippen LogP contribution is -2.20. The molecule has 2 heterocycles. The van der Waals surface area contributed by atoms with Gasteiger partial charge in [-0.2, -0.15) is 10.3 Å². The number of nitrogens with one attached hydrogen (secondary N) is 2. The van der Waals surface area contributed by atoms with E-state index in [1.54, 1.807) is 0 Å². The Bertz CT molecular complexity index is 363. The molecule has 82 valence electrons. The summed E-state index contributed by atoms with van der Waals surface area (Å²) in [5.41, 5.74) is 0.940. The number of hydrogen-bond donors (Lipinski definition) is 2. The Balaban J connectivity index is 2.28. The molecule has 1 aromatic heterocycles. The molecule has 1 saturated heterocycles. The molecule has 1 aromatic rings. The highest BCUT2D eigenvalue weighted by atomic mass is 16.5. The largest absolute Gasteiger partial charge is 0.464 e. The van der Waals surface area contributed by atoms with Crippen LogP contribution >= 0.6 is 0 Å². The molecule has 2 atom stereocenters. The number of carbonyl (C=O) groups excluding carboxylic acids is 1. The second-order valence-corrected chi connectivity index (χ2v) is 3.75. The van der Waals surface area contributed by atoms with Crippen molar-refractivity contribution in [2.24, 2.45) is 5.92 Å². The highest BCUT2D eigenvalue weighted by Gasteiger charge is 2.31. The van der Waals surface area contributed by atoms with Crippen LogP contribution in [0.15, 0.2) is 0 Å². The Morgan fingerprint density at radius 3 is 2.93 bits per heavy atom. The van der Waals surface area contributed by atoms with Gasteiger partial charge in [0.25, 0.3) is 0 Å². The van der Waals surface area contributed by atoms with Gasteiger partial charge in [-0.3, -0.25) is 0 Å². The minimum atomic E-state index is -0.445. The average molecular weight is 210 g/mol. The summed E-state index contributed by atoms with van der Waals surface area (Å²) in [6.45, 7) is 3.07. The summed E-state index contributed by atoms with van der Waals surface area (Å²) in [5, 5.41) is 13.6. The van der Waals surface area contributed by atoms with E-state index >= 15 is 0 Å². The number of aromatic amines is 1. The maximum atomic E-state index is 11.4. The minimum Gasteiger partial charge on any atom is -0.464 e. The van der Waals surface area contributed by atoms with Gasteiger partial charge in [0, 0.05) is 0 Å². The first kappa shape index (κ1) is 10.1. The summed E-state index contributed by atoms with van der Waals surface area (Å²) >= 11 is 0. The first-order chi connectivity index (χ1) is 7.24. The molecule has 2 rings (SSSR count). The molecular weight excluding hydrogens is 196 g/mol. The SMILES string of the molecule is COC(=O)c1n[nH]nc1C1NCCC1C. The molecule has 15 heavy (non-hydrogen) atoms. The number of nitrogens with zero attached hydrogens (tertiary/aromatic N) is 2. The highest BCUT2D eigenvalue weighted by Crippen LogP contribution is 2.28. The molecule has 6 heteroatoms. The molecule has 0 radical (unpaired) electrons. The van der Waals surface area contributed by atoms with Gasteiger partial charge in [-0.15, -0.1) is 5.10 Å². The summed E-state index contributed by atoms with van der Waals surface area (Å²) in [6.07, 6.45) is 1.08. The van der Waals surface area contributed by atoms with Crippen LogP contribution in [0.25, 0.3) is 0 Å². The quantitative estimate of drug-likeness (QED) is 0.684. The Hall–Kier alpha value is -1.43. The van der Waals surface area contributed by atoms with Crippen molar-refractivity contribution >= 4 is 5.97 Å². The third-order valence-electron chi connectivity index (χ3n) is 2.78. The summed E-state index contributed by atoms with van der Waals surface area (Å²) in [5.74, 6) is 0.0122. The highest BCUT2D eigenvalue weighted by molar-refractivity contribution is 5.88. The predicted molar refractivity (Wildman–Crippen MR) is 52.2 cm³/mol. The number of ether oxygens (including phenoxy) is 1. The van der Waals surface area contributed by atoms with E-state index in [2.05, 4.69) is 32.4 Å². The van der Waals surface area contributed by atoms with E-state index < -0.39 is 5.97 Å². The lowest BCUT2D eigenvalue weighted by Gasteiger charge is -2.12. The summed E-state index contributed by atoms with van der Waals surface area (Å²) < 4.78 is 4.64. The third kappa shape index (κ3) is 1.72. The fraction of sp³-hybridized carbons (Fsp3) is 0.667. The average Bonchev–Trinajstić information content (AvgIpc) is 2.84. The first-order valence-electron chi connectivity index (χ1n) is 4.96. The van der Waals surface area contributed by atoms with Gasteiger partial charge in [0.05, 0.1) is 13.2 Å². The Morgan fingerprint density at radius 1 is 1.53 bits per heavy atom. The summed E-state index contributed by atoms with van der Waals surface area (Å²) in [6, 6.07) is 0.0952. The van der Waals surface area contributed by atoms with Crippen molar-refractivity contribution in [3.8, 4) is 0 Å². The van der Waals surface area contributed by atoms with Crippen molar-refractivity contribution in [3.63, 3.8) is 0 Å². The van der Waals surface area contributed by atoms with E-state index in [1.165, 1.54) is 7.11 Å². The van der Waals surface area contributed by atoms with Gasteiger partial charge in [-0.1, -0.05) is 6.92 Å². The standard InChI is InChI=1S/C9H14N4O2/c1-5-3-4-10-6(5)7-8(9(14)15-2)12-13-11-7/h5-6,10H,3-4H2,1-2H3,(H,11,12,13). The van der Waals surface area contributed by atoms with Crippen LogP contribution < -0.4 is 5.32 Å². The monoisotopic (exact) mass is 210 g/mol. The van der Waals surface area contributed by atoms with Crippen LogP contribution in [0.5, 0.6) is 0 Å². The summed E-state index contributed by atoms with van der Waals surface area (Å²) in [7, 11) is 1.34. The molecule has 2 N–H and O–H groups in total. The number of rotatable bonds is 2. The first-order valence-corrected chi connectivity index (χ1v) is 4.96. The third-order valence-corrected chi connectivity index (χ3v) is 2.78. The van der Waals surface area contributed by atoms with Crippen LogP contribution in [0.1, 0.15) is 35.6 Å². The van der Waals surface area contributed by atoms with E-state index in [9.17, 15) is 4.79 Å². The second kappa shape index (κ2) is 3.98. The zero-order chi connectivity index (χ0) is 10.8. The normalized spacial score (nSPS) is 25.5. The Kier molecular flexibility index (Phi) is 2.68. The van der Waals surface area contributed by atoms with Gasteiger partial charge >= 0.3 is 5.97 Å². The molecule has 0 aromatic carbocycles. The maximum Gasteiger partial charge on any atom is 0.360 e. The molecule has 6 nitrogen and oxygen atoms in total. The maximum absolute atomic E-state index is 11.4. The van der Waals surface area contributed by atoms with Gasteiger partial charge in [-0.05, 0) is 18.9 Å². The smallest absolute Gasteiger partial charge is 0.360 e. The van der Waals surface area contributed by atoms with E-state index in [0.717, 1.165) is 13.0 Å². The molecule has 1 aliphatic rings. The number of methoxy groups -OCH3 is 1. The van der Waals surface area contributed by atoms with Gasteiger partial charge in [0.2, 0.25) is 0 Å². The predicted octanol–water partition coefficient (Wildman–Crippen LogP) is 0.262. The van der Waals surface area contributed by atoms with Crippen molar-refractivity contribution in [1.82, 2.24) is 20.7 Å². The van der Waals surface area contributed by atoms with Gasteiger partial charge in [0.15, 0.2) is 5.69 Å². The van der Waals surface area contributed by atoms with E-state index in [1.807, 2.05) is 0 Å². The van der Waals surface area contributed by atoms with Gasteiger partial charge < -0.3 is 10.1 Å². The molecule has 0 bridgehead atoms. The molecule has 1 fully saturated rings. The van der Waals surface area contributed by atoms with Crippen LogP contribution in [0.2, 0.25) is 0 Å². The molecule has 2 unspecified atom stereocenters. The van der Waals surface area contributed by atoms with E-state index in [0.29, 0.717) is 11.6 Å². The lowest BCUT2D eigenvalue weighted by molar-refractivity contribution is 0.0591. The van der Waals surface area contributed by atoms with Crippen molar-refractivity contribution < 1.29 is 9.53 Å². The van der Waals surface area contributed by atoms with Crippen molar-refractivity contribution in [2.75, 3.05) is 13.7 Å². The number of aromatic nitrogens is 3. The van der Waals surface area contributed by atoms with Crippen LogP contribution in [0.4, 0.5) is 0 Å². The Morgan fingerprint density at radius 2 is 2.33 bits per heavy atom. The molecule has 0 aliphatic carbocycles. The second-order valence-electron chi connectivity index (χ2n) is 3.75. The van der Waals surface area contributed by atoms with Crippen molar-refractivity contribution in [1.29, 1.82) is 0 Å². The van der Waals surface area contributed by atoms with Crippen LogP contribution in [0.3, 0.4) is 0 Å². The zero-order valence-electron chi connectivity index (χ0n) is 8.78. The Labute approximate surface area is 87.4 Å². The molecule has 0 saturated carbocycles. The molecular formula is C9H14N4O2. The van der Waals surface area contributed by atoms with Crippen LogP contribution in [-0.2, 0) is 4.74 Å². The van der Waals surface area contributed by atoms with Crippen LogP contribution in [-0.4, -0.2) is 35.0 Å². The number of esters is 1. The van der Waals surface area contributed by atoms with Crippen molar-refractivity contribution in [2.45, 2.75) is 19.4 Å². The molecule has 0 spiro atoms. The van der Waals surface area contributed by atoms with Gasteiger partial charge in [0.1, 0.15) is 5.69 Å². The topological polar surface area (TPSA) is 79.9 Å². The number of hydrogen-bond acceptors (Lipinski definition) is 5. The lowest BCUT2D eigenvalue weighted by atomic mass is 9.99. The minimum absolute atomic E-state index is 0.0952. The fourth-order valence-corrected chi connectivity index (χ4v) is 1.90. The molecule has 0 amide bonds. The number of carbonyl (C=O) groups is 1. The van der Waals surface area contributed by atoms with E-state index in [-0.39, 0.29) is 11.7 Å². The van der Waals surface area contributed by atoms with Gasteiger partial charge in [-0.25, -0.2) is 4.79 Å². The number of H-pyrrole nitrogens is 1. The van der Waals surface area contributed by atoms with Crippen molar-refractivity contribution in [3.05, 3.63) is 11.4 Å².